The molecule has 0 aliphatic carbocycles. The fraction of sp³-hybridized carbons (Fsp3) is 0.520. The van der Waals surface area contributed by atoms with Gasteiger partial charge in [0.05, 0.1) is 0 Å². The van der Waals surface area contributed by atoms with Gasteiger partial charge in [-0.25, -0.2) is 0 Å². The van der Waals surface area contributed by atoms with E-state index in [0.717, 1.165) is 19.3 Å². The van der Waals surface area contributed by atoms with Gasteiger partial charge in [-0.1, -0.05) is 89.3 Å². The summed E-state index contributed by atoms with van der Waals surface area (Å²) in [6.45, 7) is 2.23. The van der Waals surface area contributed by atoms with E-state index in [1.807, 2.05) is 6.07 Å². The molecule has 0 heterocycles. The summed E-state index contributed by atoms with van der Waals surface area (Å²) in [5.74, 6) is 0.421. The molecule has 0 unspecified atom stereocenters. The number of rotatable bonds is 15. The summed E-state index contributed by atoms with van der Waals surface area (Å²) in [5, 5.41) is 10.4. The molecule has 2 aromatic carbocycles. The molecular formula is C25H36O5S. The van der Waals surface area contributed by atoms with Crippen LogP contribution < -0.4 is 4.74 Å². The zero-order valence-corrected chi connectivity index (χ0v) is 19.4. The molecule has 0 atom stereocenters. The van der Waals surface area contributed by atoms with E-state index in [-0.39, 0.29) is 16.4 Å². The van der Waals surface area contributed by atoms with Crippen molar-refractivity contribution >= 4 is 10.1 Å². The van der Waals surface area contributed by atoms with Crippen LogP contribution in [0.1, 0.15) is 83.1 Å². The van der Waals surface area contributed by atoms with Gasteiger partial charge in [-0.2, -0.15) is 8.42 Å². The van der Waals surface area contributed by atoms with Gasteiger partial charge in [0.2, 0.25) is 0 Å². The van der Waals surface area contributed by atoms with Crippen molar-refractivity contribution in [1.29, 1.82) is 0 Å². The molecule has 6 heteroatoms. The van der Waals surface area contributed by atoms with Gasteiger partial charge in [-0.05, 0) is 37.1 Å². The summed E-state index contributed by atoms with van der Waals surface area (Å²) in [5.41, 5.74) is 0.412. The Morgan fingerprint density at radius 1 is 0.774 bits per heavy atom. The quantitative estimate of drug-likeness (QED) is 0.221. The topological polar surface area (TPSA) is 83.8 Å². The van der Waals surface area contributed by atoms with E-state index in [1.54, 1.807) is 24.3 Å². The molecule has 0 spiro atoms. The van der Waals surface area contributed by atoms with E-state index in [4.69, 9.17) is 4.74 Å². The lowest BCUT2D eigenvalue weighted by Gasteiger charge is -2.16. The van der Waals surface area contributed by atoms with Gasteiger partial charge >= 0.3 is 0 Å². The van der Waals surface area contributed by atoms with Gasteiger partial charge in [0.25, 0.3) is 10.1 Å². The largest absolute Gasteiger partial charge is 0.508 e. The van der Waals surface area contributed by atoms with E-state index >= 15 is 0 Å². The molecule has 0 aromatic heterocycles. The summed E-state index contributed by atoms with van der Waals surface area (Å²) in [4.78, 5) is -0.327. The zero-order valence-electron chi connectivity index (χ0n) is 18.6. The second-order valence-electron chi connectivity index (χ2n) is 8.07. The molecule has 2 aromatic rings. The maximum absolute atomic E-state index is 11.9. The number of aromatic hydroxyl groups is 1. The van der Waals surface area contributed by atoms with Crippen LogP contribution in [0.4, 0.5) is 0 Å². The Kier molecular flexibility index (Phi) is 10.9. The SMILES string of the molecule is CCCCCCCCCCCCCc1c(O)ccc(S(=O)(=O)O)c1Oc1ccccc1. The van der Waals surface area contributed by atoms with E-state index < -0.39 is 10.1 Å². The average molecular weight is 449 g/mol. The minimum absolute atomic E-state index is 0.000722. The van der Waals surface area contributed by atoms with Crippen molar-refractivity contribution in [3.63, 3.8) is 0 Å². The minimum Gasteiger partial charge on any atom is -0.508 e. The second kappa shape index (κ2) is 13.4. The highest BCUT2D eigenvalue weighted by molar-refractivity contribution is 7.86. The Morgan fingerprint density at radius 2 is 1.32 bits per heavy atom. The Hall–Kier alpha value is -2.05. The highest BCUT2D eigenvalue weighted by Gasteiger charge is 2.23. The van der Waals surface area contributed by atoms with Crippen molar-refractivity contribution in [2.45, 2.75) is 88.9 Å². The van der Waals surface area contributed by atoms with Crippen LogP contribution in [0.15, 0.2) is 47.4 Å². The fourth-order valence-corrected chi connectivity index (χ4v) is 4.36. The van der Waals surface area contributed by atoms with Crippen LogP contribution >= 0.6 is 0 Å². The van der Waals surface area contributed by atoms with E-state index in [9.17, 15) is 18.1 Å². The molecule has 2 rings (SSSR count). The first kappa shape index (κ1) is 25.2. The molecule has 172 valence electrons. The number of phenolic OH excluding ortho intramolecular Hbond substituents is 1. The van der Waals surface area contributed by atoms with Crippen LogP contribution in [0.2, 0.25) is 0 Å². The summed E-state index contributed by atoms with van der Waals surface area (Å²) in [6.07, 6.45) is 13.7. The van der Waals surface area contributed by atoms with Gasteiger partial charge in [-0.15, -0.1) is 0 Å². The Morgan fingerprint density at radius 3 is 1.87 bits per heavy atom. The number of para-hydroxylation sites is 1. The lowest BCUT2D eigenvalue weighted by Crippen LogP contribution is -2.04. The smallest absolute Gasteiger partial charge is 0.298 e. The highest BCUT2D eigenvalue weighted by Crippen LogP contribution is 2.38. The van der Waals surface area contributed by atoms with Gasteiger partial charge in [0, 0.05) is 5.56 Å². The molecule has 0 saturated heterocycles. The van der Waals surface area contributed by atoms with Crippen molar-refractivity contribution in [3.05, 3.63) is 48.0 Å². The van der Waals surface area contributed by atoms with Crippen LogP contribution in [0, 0.1) is 0 Å². The van der Waals surface area contributed by atoms with Crippen molar-refractivity contribution in [2.75, 3.05) is 0 Å². The molecule has 0 bridgehead atoms. The first-order valence-corrected chi connectivity index (χ1v) is 12.9. The highest BCUT2D eigenvalue weighted by atomic mass is 32.2. The summed E-state index contributed by atoms with van der Waals surface area (Å²) < 4.78 is 39.2. The van der Waals surface area contributed by atoms with E-state index in [1.165, 1.54) is 63.5 Å². The monoisotopic (exact) mass is 448 g/mol. The van der Waals surface area contributed by atoms with Crippen LogP contribution in [0.5, 0.6) is 17.2 Å². The number of benzene rings is 2. The number of unbranched alkanes of at least 4 members (excludes halogenated alkanes) is 10. The van der Waals surface area contributed by atoms with Gasteiger partial charge in [-0.3, -0.25) is 4.55 Å². The van der Waals surface area contributed by atoms with Crippen molar-refractivity contribution in [2.24, 2.45) is 0 Å². The van der Waals surface area contributed by atoms with Crippen molar-refractivity contribution in [3.8, 4) is 17.2 Å². The van der Waals surface area contributed by atoms with Crippen LogP contribution in [-0.2, 0) is 16.5 Å². The molecule has 0 aliphatic heterocycles. The Labute approximate surface area is 187 Å². The zero-order chi connectivity index (χ0) is 22.5. The van der Waals surface area contributed by atoms with E-state index in [2.05, 4.69) is 6.92 Å². The minimum atomic E-state index is -4.48. The summed E-state index contributed by atoms with van der Waals surface area (Å²) in [6, 6.07) is 11.2. The number of phenols is 1. The molecule has 2 N–H and O–H groups in total. The van der Waals surface area contributed by atoms with Crippen molar-refractivity contribution in [1.82, 2.24) is 0 Å². The maximum Gasteiger partial charge on any atom is 0.298 e. The predicted molar refractivity (Wildman–Crippen MR) is 125 cm³/mol. The molecule has 0 saturated carbocycles. The van der Waals surface area contributed by atoms with Crippen LogP contribution in [0.25, 0.3) is 0 Å². The third-order valence-electron chi connectivity index (χ3n) is 5.47. The van der Waals surface area contributed by atoms with Gasteiger partial charge in [0.15, 0.2) is 5.75 Å². The lowest BCUT2D eigenvalue weighted by molar-refractivity contribution is 0.425. The molecule has 0 fully saturated rings. The molecular weight excluding hydrogens is 412 g/mol. The number of ether oxygens (including phenoxy) is 1. The molecule has 5 nitrogen and oxygen atoms in total. The van der Waals surface area contributed by atoms with Crippen molar-refractivity contribution < 1.29 is 22.8 Å². The second-order valence-corrected chi connectivity index (χ2v) is 9.46. The molecule has 0 amide bonds. The third-order valence-corrected chi connectivity index (χ3v) is 6.35. The lowest BCUT2D eigenvalue weighted by atomic mass is 10.0. The van der Waals surface area contributed by atoms with Crippen LogP contribution in [-0.4, -0.2) is 18.1 Å². The normalized spacial score (nSPS) is 11.5. The molecule has 0 aliphatic rings. The van der Waals surface area contributed by atoms with Gasteiger partial charge < -0.3 is 9.84 Å². The fourth-order valence-electron chi connectivity index (χ4n) is 3.72. The maximum atomic E-state index is 11.9. The number of hydrogen-bond donors (Lipinski definition) is 2. The van der Waals surface area contributed by atoms with Crippen LogP contribution in [0.3, 0.4) is 0 Å². The van der Waals surface area contributed by atoms with Gasteiger partial charge in [0.1, 0.15) is 16.4 Å². The summed E-state index contributed by atoms with van der Waals surface area (Å²) >= 11 is 0. The first-order valence-electron chi connectivity index (χ1n) is 11.5. The average Bonchev–Trinajstić information content (AvgIpc) is 2.73. The molecule has 31 heavy (non-hydrogen) atoms. The van der Waals surface area contributed by atoms with E-state index in [0.29, 0.717) is 17.7 Å². The summed E-state index contributed by atoms with van der Waals surface area (Å²) in [7, 11) is -4.48. The Balaban J connectivity index is 1.91. The third kappa shape index (κ3) is 8.91. The predicted octanol–water partition coefficient (Wildman–Crippen LogP) is 7.28. The number of hydrogen-bond acceptors (Lipinski definition) is 4. The Bertz CT molecular complexity index is 878. The standard InChI is InChI=1S/C25H36O5S/c1-2-3-4-5-6-7-8-9-10-11-15-18-22-23(26)19-20-24(31(27,28)29)25(22)30-21-16-13-12-14-17-21/h12-14,16-17,19-20,26H,2-11,15,18H2,1H3,(H,27,28,29). The molecule has 0 radical (unpaired) electrons. The first-order chi connectivity index (χ1) is 14.9.